The Morgan fingerprint density at radius 3 is 1.81 bits per heavy atom. The van der Waals surface area contributed by atoms with Crippen molar-refractivity contribution in [1.82, 2.24) is 0 Å². The fourth-order valence-electron chi connectivity index (χ4n) is 2.51. The molecule has 7 heteroatoms. The molecular weight excluding hydrogens is 791 g/mol. The smallest absolute Gasteiger partial charge is 0.871 e. The third kappa shape index (κ3) is 5.15. The van der Waals surface area contributed by atoms with Gasteiger partial charge in [0.25, 0.3) is 0 Å². The molecule has 0 bridgehead atoms. The molecule has 2 aromatic carbocycles. The van der Waals surface area contributed by atoms with E-state index in [1.165, 1.54) is 0 Å². The fourth-order valence-corrected chi connectivity index (χ4v) is 6.05. The Bertz CT molecular complexity index is 916. The van der Waals surface area contributed by atoms with Gasteiger partial charge in [-0.1, -0.05) is 36.1 Å². The van der Waals surface area contributed by atoms with Gasteiger partial charge in [0, 0.05) is 7.14 Å². The molecule has 0 aromatic heterocycles. The van der Waals surface area contributed by atoms with Crippen LogP contribution < -0.4 is 34.7 Å². The summed E-state index contributed by atoms with van der Waals surface area (Å²) in [5.74, 6) is 0.104. The number of ketones is 1. The molecule has 2 aromatic rings. The molecule has 0 aliphatic heterocycles. The van der Waals surface area contributed by atoms with Gasteiger partial charge in [0.15, 0.2) is 0 Å². The predicted molar refractivity (Wildman–Crippen MR) is 133 cm³/mol. The van der Waals surface area contributed by atoms with Gasteiger partial charge in [-0.05, 0) is 137 Å². The van der Waals surface area contributed by atoms with Crippen LogP contribution in [0, 0.1) is 7.14 Å². The molecule has 0 N–H and O–H groups in total. The summed E-state index contributed by atoms with van der Waals surface area (Å²) < 4.78 is 2.77. The van der Waals surface area contributed by atoms with Crippen molar-refractivity contribution < 1.29 is 39.5 Å². The molecule has 0 heterocycles. The normalized spacial score (nSPS) is 13.7. The van der Waals surface area contributed by atoms with E-state index < -0.39 is 0 Å². The zero-order valence-electron chi connectivity index (χ0n) is 13.5. The van der Waals surface area contributed by atoms with Crippen molar-refractivity contribution in [2.24, 2.45) is 0 Å². The summed E-state index contributed by atoms with van der Waals surface area (Å²) in [6, 6.07) is 13.9. The second-order valence-electron chi connectivity index (χ2n) is 5.28. The van der Waals surface area contributed by atoms with Crippen molar-refractivity contribution in [3.05, 3.63) is 85.6 Å². The molecule has 0 radical (unpaired) electrons. The maximum absolute atomic E-state index is 12.1. The molecule has 0 fully saturated rings. The molecule has 0 saturated carbocycles. The number of benzene rings is 2. The standard InChI is InChI=1S/C19H10I4O2.Na/c20-13-6-11(7-14(21)18(13)24)17(10-4-2-1-3-5-10)12-8-15(22)19(25)16(23)9-12;/h1-9,24H;/q;+1/p-1. The summed E-state index contributed by atoms with van der Waals surface area (Å²) in [5, 5.41) is 12.1. The molecule has 0 spiro atoms. The average Bonchev–Trinajstić information content (AvgIpc) is 2.58. The maximum Gasteiger partial charge on any atom is 1.00 e. The van der Waals surface area contributed by atoms with E-state index in [1.807, 2.05) is 54.6 Å². The number of rotatable bonds is 2. The van der Waals surface area contributed by atoms with Crippen molar-refractivity contribution >= 4 is 102 Å². The van der Waals surface area contributed by atoms with Crippen molar-refractivity contribution in [3.8, 4) is 5.75 Å². The minimum Gasteiger partial charge on any atom is -0.871 e. The van der Waals surface area contributed by atoms with Gasteiger partial charge in [0.2, 0.25) is 5.78 Å². The van der Waals surface area contributed by atoms with Crippen molar-refractivity contribution in [2.75, 3.05) is 0 Å². The van der Waals surface area contributed by atoms with E-state index in [2.05, 4.69) is 90.4 Å². The number of halogens is 4. The minimum absolute atomic E-state index is 0. The van der Waals surface area contributed by atoms with Gasteiger partial charge in [0.1, 0.15) is 0 Å². The third-order valence-electron chi connectivity index (χ3n) is 3.64. The second kappa shape index (κ2) is 10.2. The van der Waals surface area contributed by atoms with Gasteiger partial charge in [-0.15, -0.1) is 0 Å². The summed E-state index contributed by atoms with van der Waals surface area (Å²) in [6.07, 6.45) is 3.83. The minimum atomic E-state index is 0. The SMILES string of the molecule is O=C1C(I)=CC(=C(c2ccccc2)c2cc(I)c([O-])c(I)c2)C=C1I.[Na+]. The summed E-state index contributed by atoms with van der Waals surface area (Å²) in [5.41, 5.74) is 4.03. The topological polar surface area (TPSA) is 40.1 Å². The van der Waals surface area contributed by atoms with Crippen LogP contribution in [0.4, 0.5) is 0 Å². The van der Waals surface area contributed by atoms with Crippen LogP contribution in [0.3, 0.4) is 0 Å². The molecule has 26 heavy (non-hydrogen) atoms. The quantitative estimate of drug-likeness (QED) is 0.347. The predicted octanol–water partition coefficient (Wildman–Crippen LogP) is 3.00. The van der Waals surface area contributed by atoms with Gasteiger partial charge in [-0.25, -0.2) is 0 Å². The van der Waals surface area contributed by atoms with Crippen molar-refractivity contribution in [1.29, 1.82) is 0 Å². The van der Waals surface area contributed by atoms with Gasteiger partial charge < -0.3 is 5.11 Å². The summed E-state index contributed by atoms with van der Waals surface area (Å²) >= 11 is 8.33. The second-order valence-corrected chi connectivity index (χ2v) is 9.93. The van der Waals surface area contributed by atoms with Crippen LogP contribution in [0.5, 0.6) is 5.75 Å². The maximum atomic E-state index is 12.1. The number of carbonyl (C=O) groups is 1. The molecule has 126 valence electrons. The molecule has 3 rings (SSSR count). The number of allylic oxidation sites excluding steroid dienone is 5. The first-order chi connectivity index (χ1) is 11.9. The first kappa shape index (κ1) is 23.3. The first-order valence-corrected chi connectivity index (χ1v) is 11.4. The molecule has 0 saturated heterocycles. The fraction of sp³-hybridized carbons (Fsp3) is 0. The van der Waals surface area contributed by atoms with Crippen LogP contribution in [0.1, 0.15) is 11.1 Å². The van der Waals surface area contributed by atoms with Crippen molar-refractivity contribution in [3.63, 3.8) is 0 Å². The zero-order valence-corrected chi connectivity index (χ0v) is 24.2. The number of hydrogen-bond donors (Lipinski definition) is 0. The molecule has 0 unspecified atom stereocenters. The molecule has 0 atom stereocenters. The molecular formula is C19H9I4NaO2. The Hall–Kier alpha value is 1.05. The van der Waals surface area contributed by atoms with E-state index in [4.69, 9.17) is 0 Å². The van der Waals surface area contributed by atoms with Crippen LogP contribution in [-0.2, 0) is 4.79 Å². The molecule has 1 aliphatic rings. The van der Waals surface area contributed by atoms with Gasteiger partial charge in [-0.3, -0.25) is 4.79 Å². The average molecular weight is 800 g/mol. The molecule has 1 aliphatic carbocycles. The molecule has 0 amide bonds. The van der Waals surface area contributed by atoms with Gasteiger partial charge in [-0.2, -0.15) is 0 Å². The van der Waals surface area contributed by atoms with Gasteiger partial charge >= 0.3 is 29.6 Å². The van der Waals surface area contributed by atoms with Crippen LogP contribution in [0.2, 0.25) is 0 Å². The third-order valence-corrected chi connectivity index (χ3v) is 6.84. The number of hydrogen-bond acceptors (Lipinski definition) is 2. The zero-order chi connectivity index (χ0) is 18.1. The van der Waals surface area contributed by atoms with E-state index >= 15 is 0 Å². The van der Waals surface area contributed by atoms with E-state index in [1.54, 1.807) is 0 Å². The Balaban J connectivity index is 0.00000243. The summed E-state index contributed by atoms with van der Waals surface area (Å²) in [6.45, 7) is 0. The Morgan fingerprint density at radius 2 is 1.31 bits per heavy atom. The van der Waals surface area contributed by atoms with E-state index in [0.717, 1.165) is 22.3 Å². The van der Waals surface area contributed by atoms with Gasteiger partial charge in [0.05, 0.1) is 7.16 Å². The van der Waals surface area contributed by atoms with Crippen LogP contribution in [0.15, 0.2) is 67.3 Å². The Morgan fingerprint density at radius 1 is 0.808 bits per heavy atom. The number of Topliss-reactive ketones (excluding diaryl/α,β-unsaturated/α-hetero) is 1. The van der Waals surface area contributed by atoms with Crippen LogP contribution >= 0.6 is 90.4 Å². The number of carbonyl (C=O) groups excluding carboxylic acids is 1. The Labute approximate surface area is 228 Å². The largest absolute Gasteiger partial charge is 1.00 e. The molecule has 2 nitrogen and oxygen atoms in total. The first-order valence-electron chi connectivity index (χ1n) is 7.13. The van der Waals surface area contributed by atoms with E-state index in [9.17, 15) is 9.90 Å². The van der Waals surface area contributed by atoms with Crippen LogP contribution in [0.25, 0.3) is 5.57 Å². The summed E-state index contributed by atoms with van der Waals surface area (Å²) in [4.78, 5) is 12.1. The van der Waals surface area contributed by atoms with E-state index in [-0.39, 0.29) is 41.1 Å². The van der Waals surface area contributed by atoms with Crippen molar-refractivity contribution in [2.45, 2.75) is 0 Å². The van der Waals surface area contributed by atoms with Crippen LogP contribution in [-0.4, -0.2) is 5.78 Å². The Kier molecular flexibility index (Phi) is 9.14. The summed E-state index contributed by atoms with van der Waals surface area (Å²) in [7, 11) is 0. The monoisotopic (exact) mass is 800 g/mol. The van der Waals surface area contributed by atoms with E-state index in [0.29, 0.717) is 14.3 Å².